The Morgan fingerprint density at radius 2 is 2.11 bits per heavy atom. The molecule has 0 amide bonds. The van der Waals surface area contributed by atoms with Crippen LogP contribution in [0.25, 0.3) is 0 Å². The number of nitrogens with zero attached hydrogens (tertiary/aromatic N) is 3. The van der Waals surface area contributed by atoms with Crippen LogP contribution in [0.5, 0.6) is 0 Å². The summed E-state index contributed by atoms with van der Waals surface area (Å²) in [7, 11) is 1.81. The number of hydrogen-bond donors (Lipinski definition) is 2. The highest BCUT2D eigenvalue weighted by molar-refractivity contribution is 14.0. The third kappa shape index (κ3) is 6.18. The molecule has 3 heterocycles. The Kier molecular flexibility index (Phi) is 9.04. The summed E-state index contributed by atoms with van der Waals surface area (Å²) < 4.78 is 5.68. The van der Waals surface area contributed by atoms with Gasteiger partial charge in [0.05, 0.1) is 23.0 Å². The minimum atomic E-state index is 0. The Labute approximate surface area is 182 Å². The lowest BCUT2D eigenvalue weighted by Crippen LogP contribution is -2.43. The Morgan fingerprint density at radius 1 is 1.33 bits per heavy atom. The maximum atomic E-state index is 5.68. The molecule has 1 atom stereocenters. The molecule has 0 radical (unpaired) electrons. The van der Waals surface area contributed by atoms with Gasteiger partial charge in [0.2, 0.25) is 0 Å². The minimum Gasteiger partial charge on any atom is -0.468 e. The Hall–Kier alpha value is -1.13. The molecule has 1 aliphatic heterocycles. The molecule has 1 unspecified atom stereocenters. The first-order valence-corrected chi connectivity index (χ1v) is 10.1. The van der Waals surface area contributed by atoms with Gasteiger partial charge < -0.3 is 15.1 Å². The van der Waals surface area contributed by atoms with Crippen LogP contribution in [-0.4, -0.2) is 49.1 Å². The van der Waals surface area contributed by atoms with E-state index in [2.05, 4.69) is 45.4 Å². The first kappa shape index (κ1) is 22.2. The van der Waals surface area contributed by atoms with Crippen LogP contribution in [0.4, 0.5) is 0 Å². The maximum Gasteiger partial charge on any atom is 0.191 e. The fraction of sp³-hybridized carbons (Fsp3) is 0.579. The lowest BCUT2D eigenvalue weighted by Gasteiger charge is -2.26. The van der Waals surface area contributed by atoms with Gasteiger partial charge in [0.15, 0.2) is 5.96 Å². The summed E-state index contributed by atoms with van der Waals surface area (Å²) in [5, 5.41) is 8.01. The second-order valence-electron chi connectivity index (χ2n) is 6.65. The van der Waals surface area contributed by atoms with Crippen LogP contribution < -0.4 is 10.6 Å². The molecule has 27 heavy (non-hydrogen) atoms. The molecule has 150 valence electrons. The van der Waals surface area contributed by atoms with Crippen LogP contribution >= 0.6 is 35.3 Å². The van der Waals surface area contributed by atoms with Gasteiger partial charge in [-0.15, -0.1) is 35.3 Å². The van der Waals surface area contributed by atoms with E-state index in [-0.39, 0.29) is 30.0 Å². The van der Waals surface area contributed by atoms with E-state index in [1.165, 1.54) is 17.7 Å². The van der Waals surface area contributed by atoms with Crippen molar-refractivity contribution in [3.05, 3.63) is 39.7 Å². The quantitative estimate of drug-likeness (QED) is 0.344. The lowest BCUT2D eigenvalue weighted by atomic mass is 10.2. The average Bonchev–Trinajstić information content (AvgIpc) is 3.37. The predicted octanol–water partition coefficient (Wildman–Crippen LogP) is 3.52. The van der Waals surface area contributed by atoms with Crippen molar-refractivity contribution < 1.29 is 4.42 Å². The van der Waals surface area contributed by atoms with E-state index in [4.69, 9.17) is 4.42 Å². The topological polar surface area (TPSA) is 65.7 Å². The van der Waals surface area contributed by atoms with Crippen LogP contribution in [0.2, 0.25) is 0 Å². The van der Waals surface area contributed by atoms with Gasteiger partial charge in [0.25, 0.3) is 0 Å². The van der Waals surface area contributed by atoms with E-state index in [0.717, 1.165) is 55.0 Å². The number of hydrogen-bond acceptors (Lipinski definition) is 5. The molecule has 6 nitrogen and oxygen atoms in total. The van der Waals surface area contributed by atoms with Crippen molar-refractivity contribution >= 4 is 41.3 Å². The van der Waals surface area contributed by atoms with E-state index in [9.17, 15) is 0 Å². The first-order chi connectivity index (χ1) is 12.7. The maximum absolute atomic E-state index is 5.68. The second-order valence-corrected chi connectivity index (χ2v) is 7.93. The predicted molar refractivity (Wildman–Crippen MR) is 122 cm³/mol. The molecular weight excluding hydrogens is 473 g/mol. The number of aliphatic imine (C=N–C) groups is 1. The first-order valence-electron chi connectivity index (χ1n) is 9.32. The molecule has 8 heteroatoms. The minimum absolute atomic E-state index is 0. The fourth-order valence-electron chi connectivity index (χ4n) is 3.46. The highest BCUT2D eigenvalue weighted by Crippen LogP contribution is 2.24. The Balaban J connectivity index is 0.00000261. The highest BCUT2D eigenvalue weighted by atomic mass is 127. The summed E-state index contributed by atoms with van der Waals surface area (Å²) in [6.07, 6.45) is 5.24. The molecule has 0 spiro atoms. The number of guanidine groups is 1. The number of likely N-dealkylation sites (tertiary alicyclic amines) is 1. The number of aryl methyl sites for hydroxylation is 2. The fourth-order valence-corrected chi connectivity index (χ4v) is 4.39. The number of furan rings is 1. The number of thiazole rings is 1. The van der Waals surface area contributed by atoms with Gasteiger partial charge in [-0.1, -0.05) is 0 Å². The molecule has 0 aromatic carbocycles. The smallest absolute Gasteiger partial charge is 0.191 e. The molecule has 2 N–H and O–H groups in total. The van der Waals surface area contributed by atoms with E-state index >= 15 is 0 Å². The molecule has 2 aromatic rings. The number of halogens is 1. The van der Waals surface area contributed by atoms with E-state index in [0.29, 0.717) is 0 Å². The van der Waals surface area contributed by atoms with Crippen molar-refractivity contribution in [2.45, 2.75) is 39.2 Å². The van der Waals surface area contributed by atoms with Crippen molar-refractivity contribution in [2.24, 2.45) is 4.99 Å². The third-order valence-electron chi connectivity index (χ3n) is 4.78. The van der Waals surface area contributed by atoms with Crippen LogP contribution in [0.15, 0.2) is 27.8 Å². The number of rotatable bonds is 7. The molecule has 1 fully saturated rings. The van der Waals surface area contributed by atoms with Gasteiger partial charge >= 0.3 is 0 Å². The normalized spacial score (nSPS) is 16.2. The second kappa shape index (κ2) is 11.0. The van der Waals surface area contributed by atoms with E-state index in [1.54, 1.807) is 17.6 Å². The molecule has 0 saturated carbocycles. The summed E-state index contributed by atoms with van der Waals surface area (Å²) in [5.74, 6) is 1.85. The molecule has 3 rings (SSSR count). The van der Waals surface area contributed by atoms with Gasteiger partial charge in [0, 0.05) is 31.4 Å². The SMILES string of the molecule is CN=C(NCCc1sc(C)nc1C)NCC(c1ccco1)N1CCCC1.I. The number of nitrogens with one attached hydrogen (secondary N) is 2. The standard InChI is InChI=1S/C19H29N5OS.HI/c1-14-18(26-15(2)23-14)8-9-21-19(20-3)22-13-16(17-7-6-12-25-17)24-10-4-5-11-24;/h6-7,12,16H,4-5,8-11,13H2,1-3H3,(H2,20,21,22);1H. The monoisotopic (exact) mass is 503 g/mol. The average molecular weight is 503 g/mol. The Bertz CT molecular complexity index is 710. The van der Waals surface area contributed by atoms with Crippen molar-refractivity contribution in [3.8, 4) is 0 Å². The molecule has 2 aromatic heterocycles. The van der Waals surface area contributed by atoms with Crippen LogP contribution in [0, 0.1) is 13.8 Å². The zero-order chi connectivity index (χ0) is 18.4. The Morgan fingerprint density at radius 3 is 2.70 bits per heavy atom. The lowest BCUT2D eigenvalue weighted by molar-refractivity contribution is 0.215. The molecule has 1 aliphatic rings. The van der Waals surface area contributed by atoms with Crippen molar-refractivity contribution in [1.29, 1.82) is 0 Å². The van der Waals surface area contributed by atoms with Crippen molar-refractivity contribution in [2.75, 3.05) is 33.2 Å². The summed E-state index contributed by atoms with van der Waals surface area (Å²) in [6.45, 7) is 8.02. The van der Waals surface area contributed by atoms with E-state index < -0.39 is 0 Å². The van der Waals surface area contributed by atoms with Crippen LogP contribution in [-0.2, 0) is 6.42 Å². The van der Waals surface area contributed by atoms with Gasteiger partial charge in [-0.25, -0.2) is 4.98 Å². The molecule has 1 saturated heterocycles. The zero-order valence-corrected chi connectivity index (χ0v) is 19.5. The highest BCUT2D eigenvalue weighted by Gasteiger charge is 2.25. The van der Waals surface area contributed by atoms with Gasteiger partial charge in [-0.05, 0) is 51.9 Å². The molecule has 0 aliphatic carbocycles. The van der Waals surface area contributed by atoms with Crippen molar-refractivity contribution in [3.63, 3.8) is 0 Å². The number of aromatic nitrogens is 1. The van der Waals surface area contributed by atoms with Crippen LogP contribution in [0.1, 0.15) is 40.2 Å². The van der Waals surface area contributed by atoms with E-state index in [1.807, 2.05) is 13.1 Å². The molecular formula is C19H30IN5OS. The zero-order valence-electron chi connectivity index (χ0n) is 16.3. The summed E-state index contributed by atoms with van der Waals surface area (Å²) in [6, 6.07) is 4.28. The summed E-state index contributed by atoms with van der Waals surface area (Å²) in [4.78, 5) is 12.7. The largest absolute Gasteiger partial charge is 0.468 e. The van der Waals surface area contributed by atoms with Gasteiger partial charge in [0.1, 0.15) is 5.76 Å². The van der Waals surface area contributed by atoms with Gasteiger partial charge in [-0.3, -0.25) is 9.89 Å². The summed E-state index contributed by atoms with van der Waals surface area (Å²) >= 11 is 1.78. The van der Waals surface area contributed by atoms with Crippen molar-refractivity contribution in [1.82, 2.24) is 20.5 Å². The molecule has 0 bridgehead atoms. The van der Waals surface area contributed by atoms with Crippen LogP contribution in [0.3, 0.4) is 0 Å². The summed E-state index contributed by atoms with van der Waals surface area (Å²) in [5.41, 5.74) is 1.14. The third-order valence-corrected chi connectivity index (χ3v) is 5.92. The van der Waals surface area contributed by atoms with Gasteiger partial charge in [-0.2, -0.15) is 0 Å².